The predicted molar refractivity (Wildman–Crippen MR) is 77.2 cm³/mol. The molecule has 0 fully saturated rings. The molecule has 1 heterocycles. The molecule has 0 aliphatic carbocycles. The summed E-state index contributed by atoms with van der Waals surface area (Å²) >= 11 is 0. The molecular formula is C15H20N2O3. The molecule has 1 aliphatic heterocycles. The van der Waals surface area contributed by atoms with Crippen molar-refractivity contribution >= 4 is 17.6 Å². The van der Waals surface area contributed by atoms with Crippen molar-refractivity contribution < 1.29 is 14.7 Å². The molecule has 0 radical (unpaired) electrons. The Morgan fingerprint density at radius 3 is 2.70 bits per heavy atom. The number of anilines is 1. The predicted octanol–water partition coefficient (Wildman–Crippen LogP) is 1.66. The number of hydrogen-bond acceptors (Lipinski definition) is 3. The average Bonchev–Trinajstić information content (AvgIpc) is 2.80. The van der Waals surface area contributed by atoms with Gasteiger partial charge in [-0.25, -0.2) is 4.79 Å². The molecule has 1 amide bonds. The quantitative estimate of drug-likeness (QED) is 0.877. The summed E-state index contributed by atoms with van der Waals surface area (Å²) in [6, 6.07) is 4.93. The number of rotatable bonds is 4. The number of benzene rings is 1. The van der Waals surface area contributed by atoms with Crippen LogP contribution in [0.15, 0.2) is 18.2 Å². The molecule has 108 valence electrons. The molecule has 2 N–H and O–H groups in total. The standard InChI is InChI=1S/C15H20N2O3/c1-4-16-15(2,3)14(20)17-8-7-10-9-11(13(18)19)5-6-12(10)17/h5-6,9,16H,4,7-8H2,1-3H3,(H,18,19). The Bertz CT molecular complexity index is 552. The Kier molecular flexibility index (Phi) is 3.81. The summed E-state index contributed by atoms with van der Waals surface area (Å²) in [7, 11) is 0. The van der Waals surface area contributed by atoms with Gasteiger partial charge in [-0.1, -0.05) is 6.92 Å². The fourth-order valence-corrected chi connectivity index (χ4v) is 2.60. The first kappa shape index (κ1) is 14.5. The second-order valence-electron chi connectivity index (χ2n) is 5.51. The minimum absolute atomic E-state index is 0.0150. The number of hydrogen-bond donors (Lipinski definition) is 2. The Morgan fingerprint density at radius 1 is 1.40 bits per heavy atom. The zero-order valence-corrected chi connectivity index (χ0v) is 12.1. The van der Waals surface area contributed by atoms with Gasteiger partial charge in [0, 0.05) is 12.2 Å². The molecule has 0 unspecified atom stereocenters. The van der Waals surface area contributed by atoms with Gasteiger partial charge in [0.25, 0.3) is 0 Å². The molecule has 5 heteroatoms. The molecular weight excluding hydrogens is 256 g/mol. The third-order valence-corrected chi connectivity index (χ3v) is 3.62. The Balaban J connectivity index is 2.28. The topological polar surface area (TPSA) is 69.6 Å². The highest BCUT2D eigenvalue weighted by Gasteiger charge is 2.35. The van der Waals surface area contributed by atoms with Crippen LogP contribution in [0.2, 0.25) is 0 Å². The summed E-state index contributed by atoms with van der Waals surface area (Å²) in [6.07, 6.45) is 0.699. The van der Waals surface area contributed by atoms with E-state index >= 15 is 0 Å². The number of carboxylic acids is 1. The van der Waals surface area contributed by atoms with E-state index < -0.39 is 11.5 Å². The van der Waals surface area contributed by atoms with Gasteiger partial charge in [-0.05, 0) is 50.6 Å². The van der Waals surface area contributed by atoms with Crippen LogP contribution in [0, 0.1) is 0 Å². The third kappa shape index (κ3) is 2.54. The van der Waals surface area contributed by atoms with E-state index in [9.17, 15) is 9.59 Å². The molecule has 0 saturated carbocycles. The minimum atomic E-state index is -0.939. The highest BCUT2D eigenvalue weighted by molar-refractivity contribution is 6.02. The van der Waals surface area contributed by atoms with Crippen LogP contribution in [0.5, 0.6) is 0 Å². The molecule has 0 atom stereocenters. The van der Waals surface area contributed by atoms with Crippen molar-refractivity contribution in [2.45, 2.75) is 32.7 Å². The first-order valence-electron chi connectivity index (χ1n) is 6.80. The maximum absolute atomic E-state index is 12.6. The highest BCUT2D eigenvalue weighted by Crippen LogP contribution is 2.30. The van der Waals surface area contributed by atoms with Gasteiger partial charge in [0.1, 0.15) is 0 Å². The maximum Gasteiger partial charge on any atom is 0.335 e. The number of aromatic carboxylic acids is 1. The van der Waals surface area contributed by atoms with Gasteiger partial charge in [0.2, 0.25) is 5.91 Å². The number of amides is 1. The van der Waals surface area contributed by atoms with E-state index in [0.29, 0.717) is 13.0 Å². The van der Waals surface area contributed by atoms with Gasteiger partial charge >= 0.3 is 5.97 Å². The molecule has 0 saturated heterocycles. The fraction of sp³-hybridized carbons (Fsp3) is 0.467. The number of carboxylic acid groups (broad SMARTS) is 1. The van der Waals surface area contributed by atoms with Crippen molar-refractivity contribution in [3.05, 3.63) is 29.3 Å². The number of fused-ring (bicyclic) bond motifs is 1. The molecule has 2 rings (SSSR count). The van der Waals surface area contributed by atoms with Crippen molar-refractivity contribution in [1.82, 2.24) is 5.32 Å². The lowest BCUT2D eigenvalue weighted by atomic mass is 10.0. The molecule has 20 heavy (non-hydrogen) atoms. The van der Waals surface area contributed by atoms with Gasteiger partial charge < -0.3 is 15.3 Å². The van der Waals surface area contributed by atoms with Crippen LogP contribution in [0.4, 0.5) is 5.69 Å². The normalized spacial score (nSPS) is 14.2. The van der Waals surface area contributed by atoms with Crippen LogP contribution >= 0.6 is 0 Å². The molecule has 1 aromatic carbocycles. The van der Waals surface area contributed by atoms with E-state index in [-0.39, 0.29) is 11.5 Å². The number of nitrogens with one attached hydrogen (secondary N) is 1. The summed E-state index contributed by atoms with van der Waals surface area (Å²) in [5.41, 5.74) is 1.39. The molecule has 0 bridgehead atoms. The van der Waals surface area contributed by atoms with Crippen LogP contribution in [0.3, 0.4) is 0 Å². The van der Waals surface area contributed by atoms with E-state index in [0.717, 1.165) is 17.8 Å². The van der Waals surface area contributed by atoms with Crippen LogP contribution in [0.1, 0.15) is 36.7 Å². The van der Waals surface area contributed by atoms with Crippen molar-refractivity contribution in [2.24, 2.45) is 0 Å². The second-order valence-corrected chi connectivity index (χ2v) is 5.51. The van der Waals surface area contributed by atoms with Crippen LogP contribution < -0.4 is 10.2 Å². The summed E-state index contributed by atoms with van der Waals surface area (Å²) in [5, 5.41) is 12.2. The fourth-order valence-electron chi connectivity index (χ4n) is 2.60. The van der Waals surface area contributed by atoms with Gasteiger partial charge in [0.15, 0.2) is 0 Å². The Morgan fingerprint density at radius 2 is 2.10 bits per heavy atom. The smallest absolute Gasteiger partial charge is 0.335 e. The SMILES string of the molecule is CCNC(C)(C)C(=O)N1CCc2cc(C(=O)O)ccc21. The van der Waals surface area contributed by atoms with Crippen molar-refractivity contribution in [3.63, 3.8) is 0 Å². The van der Waals surface area contributed by atoms with Crippen molar-refractivity contribution in [3.8, 4) is 0 Å². The third-order valence-electron chi connectivity index (χ3n) is 3.62. The lowest BCUT2D eigenvalue weighted by molar-refractivity contribution is -0.123. The van der Waals surface area contributed by atoms with Gasteiger partial charge in [-0.3, -0.25) is 4.79 Å². The zero-order chi connectivity index (χ0) is 14.9. The minimum Gasteiger partial charge on any atom is -0.478 e. The van der Waals surface area contributed by atoms with Crippen molar-refractivity contribution in [1.29, 1.82) is 0 Å². The Labute approximate surface area is 118 Å². The number of carbonyl (C=O) groups excluding carboxylic acids is 1. The first-order chi connectivity index (χ1) is 9.36. The maximum atomic E-state index is 12.6. The monoisotopic (exact) mass is 276 g/mol. The van der Waals surface area contributed by atoms with Crippen molar-refractivity contribution in [2.75, 3.05) is 18.0 Å². The largest absolute Gasteiger partial charge is 0.478 e. The van der Waals surface area contributed by atoms with Crippen LogP contribution in [0.25, 0.3) is 0 Å². The summed E-state index contributed by atoms with van der Waals surface area (Å²) in [4.78, 5) is 25.3. The van der Waals surface area contributed by atoms with Gasteiger partial charge in [-0.15, -0.1) is 0 Å². The number of likely N-dealkylation sites (N-methyl/N-ethyl adjacent to an activating group) is 1. The van der Waals surface area contributed by atoms with Crippen LogP contribution in [-0.2, 0) is 11.2 Å². The van der Waals surface area contributed by atoms with E-state index in [4.69, 9.17) is 5.11 Å². The molecule has 1 aliphatic rings. The summed E-state index contributed by atoms with van der Waals surface area (Å²) in [6.45, 7) is 7.01. The first-order valence-corrected chi connectivity index (χ1v) is 6.80. The van der Waals surface area contributed by atoms with E-state index in [1.54, 1.807) is 23.1 Å². The van der Waals surface area contributed by atoms with E-state index in [2.05, 4.69) is 5.32 Å². The second kappa shape index (κ2) is 5.25. The lowest BCUT2D eigenvalue weighted by Crippen LogP contribution is -2.53. The summed E-state index contributed by atoms with van der Waals surface area (Å²) in [5.74, 6) is -0.924. The highest BCUT2D eigenvalue weighted by atomic mass is 16.4. The van der Waals surface area contributed by atoms with Gasteiger partial charge in [-0.2, -0.15) is 0 Å². The average molecular weight is 276 g/mol. The number of carbonyl (C=O) groups is 2. The van der Waals surface area contributed by atoms with E-state index in [1.165, 1.54) is 0 Å². The van der Waals surface area contributed by atoms with E-state index in [1.807, 2.05) is 20.8 Å². The van der Waals surface area contributed by atoms with Gasteiger partial charge in [0.05, 0.1) is 11.1 Å². The lowest BCUT2D eigenvalue weighted by Gasteiger charge is -2.30. The summed E-state index contributed by atoms with van der Waals surface area (Å²) < 4.78 is 0. The molecule has 1 aromatic rings. The molecule has 0 aromatic heterocycles. The Hall–Kier alpha value is -1.88. The molecule has 5 nitrogen and oxygen atoms in total. The van der Waals surface area contributed by atoms with Crippen LogP contribution in [-0.4, -0.2) is 35.6 Å². The number of nitrogens with zero attached hydrogens (tertiary/aromatic N) is 1. The zero-order valence-electron chi connectivity index (χ0n) is 12.1. The molecule has 0 spiro atoms.